The molecular formula is C20H35NO4. The molecule has 1 aromatic carbocycles. The fraction of sp³-hybridized carbons (Fsp3) is 0.700. The Labute approximate surface area is 152 Å². The van der Waals surface area contributed by atoms with Gasteiger partial charge in [0.25, 0.3) is 0 Å². The Kier molecular flexibility index (Phi) is 9.86. The van der Waals surface area contributed by atoms with E-state index in [9.17, 15) is 5.11 Å². The molecule has 0 saturated heterocycles. The number of aliphatic hydroxyl groups is 1. The van der Waals surface area contributed by atoms with Crippen molar-refractivity contribution < 1.29 is 19.3 Å². The second-order valence-corrected chi connectivity index (χ2v) is 7.14. The van der Waals surface area contributed by atoms with Crippen LogP contribution in [0, 0.1) is 5.92 Å². The Morgan fingerprint density at radius 2 is 1.72 bits per heavy atom. The zero-order chi connectivity index (χ0) is 18.8. The summed E-state index contributed by atoms with van der Waals surface area (Å²) in [5, 5.41) is 10.3. The highest BCUT2D eigenvalue weighted by Crippen LogP contribution is 2.28. The number of aliphatic hydroxyl groups excluding tert-OH is 1. The van der Waals surface area contributed by atoms with E-state index in [2.05, 4.69) is 18.7 Å². The van der Waals surface area contributed by atoms with Crippen LogP contribution in [0.2, 0.25) is 0 Å². The van der Waals surface area contributed by atoms with Gasteiger partial charge in [-0.3, -0.25) is 4.90 Å². The average molecular weight is 354 g/mol. The third-order valence-electron chi connectivity index (χ3n) is 3.97. The number of rotatable bonds is 12. The molecular weight excluding hydrogens is 318 g/mol. The van der Waals surface area contributed by atoms with Crippen LogP contribution in [-0.2, 0) is 11.3 Å². The molecule has 5 nitrogen and oxygen atoms in total. The first-order valence-corrected chi connectivity index (χ1v) is 9.08. The predicted octanol–water partition coefficient (Wildman–Crippen LogP) is 3.34. The molecule has 1 atom stereocenters. The van der Waals surface area contributed by atoms with Crippen LogP contribution in [-0.4, -0.2) is 56.1 Å². The number of hydrogen-bond donors (Lipinski definition) is 1. The molecule has 25 heavy (non-hydrogen) atoms. The molecule has 0 aliphatic rings. The van der Waals surface area contributed by atoms with Gasteiger partial charge in [-0.2, -0.15) is 0 Å². The third-order valence-corrected chi connectivity index (χ3v) is 3.97. The molecule has 1 N–H and O–H groups in total. The normalized spacial score (nSPS) is 12.9. The highest BCUT2D eigenvalue weighted by Gasteiger charge is 2.15. The lowest BCUT2D eigenvalue weighted by Gasteiger charge is -2.26. The highest BCUT2D eigenvalue weighted by atomic mass is 16.5. The molecule has 0 unspecified atom stereocenters. The maximum atomic E-state index is 10.3. The van der Waals surface area contributed by atoms with Gasteiger partial charge in [0.2, 0.25) is 0 Å². The molecule has 0 spiro atoms. The van der Waals surface area contributed by atoms with E-state index in [4.69, 9.17) is 14.2 Å². The van der Waals surface area contributed by atoms with Gasteiger partial charge in [-0.05, 0) is 50.4 Å². The summed E-state index contributed by atoms with van der Waals surface area (Å²) in [6.07, 6.45) is 0.727. The van der Waals surface area contributed by atoms with Gasteiger partial charge in [-0.1, -0.05) is 19.9 Å². The van der Waals surface area contributed by atoms with Gasteiger partial charge >= 0.3 is 0 Å². The van der Waals surface area contributed by atoms with Gasteiger partial charge in [0.05, 0.1) is 33.0 Å². The minimum absolute atomic E-state index is 0.129. The van der Waals surface area contributed by atoms with Crippen molar-refractivity contribution in [1.82, 2.24) is 4.90 Å². The number of nitrogens with zero attached hydrogens (tertiary/aromatic N) is 1. The number of benzene rings is 1. The van der Waals surface area contributed by atoms with E-state index in [1.807, 2.05) is 32.0 Å². The Balaban J connectivity index is 2.75. The summed E-state index contributed by atoms with van der Waals surface area (Å²) in [7, 11) is 3.28. The molecule has 0 aromatic heterocycles. The minimum atomic E-state index is -0.491. The molecule has 0 amide bonds. The fourth-order valence-corrected chi connectivity index (χ4v) is 2.57. The average Bonchev–Trinajstić information content (AvgIpc) is 2.57. The van der Waals surface area contributed by atoms with Gasteiger partial charge in [0.15, 0.2) is 11.5 Å². The van der Waals surface area contributed by atoms with E-state index < -0.39 is 6.10 Å². The number of hydrogen-bond acceptors (Lipinski definition) is 5. The summed E-state index contributed by atoms with van der Waals surface area (Å²) >= 11 is 0. The van der Waals surface area contributed by atoms with Crippen LogP contribution >= 0.6 is 0 Å². The zero-order valence-electron chi connectivity index (χ0n) is 16.6. The summed E-state index contributed by atoms with van der Waals surface area (Å²) in [4.78, 5) is 2.27. The zero-order valence-corrected chi connectivity index (χ0v) is 16.6. The maximum Gasteiger partial charge on any atom is 0.161 e. The smallest absolute Gasteiger partial charge is 0.161 e. The summed E-state index contributed by atoms with van der Waals surface area (Å²) < 4.78 is 16.2. The Hall–Kier alpha value is -1.30. The summed E-state index contributed by atoms with van der Waals surface area (Å²) in [5.41, 5.74) is 1.14. The van der Waals surface area contributed by atoms with Gasteiger partial charge in [0, 0.05) is 13.1 Å². The largest absolute Gasteiger partial charge is 0.493 e. The highest BCUT2D eigenvalue weighted by molar-refractivity contribution is 5.42. The van der Waals surface area contributed by atoms with Crippen molar-refractivity contribution in [2.75, 3.05) is 33.9 Å². The first kappa shape index (κ1) is 21.7. The molecule has 1 aromatic rings. The molecule has 1 rings (SSSR count). The van der Waals surface area contributed by atoms with E-state index in [-0.39, 0.29) is 6.10 Å². The Bertz CT molecular complexity index is 491. The first-order valence-electron chi connectivity index (χ1n) is 9.08. The summed E-state index contributed by atoms with van der Waals surface area (Å²) in [6.45, 7) is 11.0. The van der Waals surface area contributed by atoms with Crippen molar-refractivity contribution in [3.05, 3.63) is 23.8 Å². The van der Waals surface area contributed by atoms with Crippen LogP contribution in [0.15, 0.2) is 18.2 Å². The predicted molar refractivity (Wildman–Crippen MR) is 101 cm³/mol. The van der Waals surface area contributed by atoms with E-state index >= 15 is 0 Å². The maximum absolute atomic E-state index is 10.3. The van der Waals surface area contributed by atoms with Crippen molar-refractivity contribution in [3.8, 4) is 11.5 Å². The molecule has 0 radical (unpaired) electrons. The Morgan fingerprint density at radius 1 is 1.04 bits per heavy atom. The minimum Gasteiger partial charge on any atom is -0.493 e. The molecule has 144 valence electrons. The molecule has 0 aliphatic carbocycles. The van der Waals surface area contributed by atoms with Crippen LogP contribution in [0.3, 0.4) is 0 Å². The second kappa shape index (κ2) is 11.3. The van der Waals surface area contributed by atoms with Crippen molar-refractivity contribution in [3.63, 3.8) is 0 Å². The molecule has 0 fully saturated rings. The van der Waals surface area contributed by atoms with Crippen LogP contribution in [0.5, 0.6) is 11.5 Å². The Morgan fingerprint density at radius 3 is 2.28 bits per heavy atom. The lowest BCUT2D eigenvalue weighted by Crippen LogP contribution is -2.36. The van der Waals surface area contributed by atoms with Crippen LogP contribution in [0.25, 0.3) is 0 Å². The van der Waals surface area contributed by atoms with E-state index in [0.29, 0.717) is 19.1 Å². The summed E-state index contributed by atoms with van der Waals surface area (Å²) in [6, 6.07) is 5.96. The molecule has 0 saturated carbocycles. The quantitative estimate of drug-likeness (QED) is 0.625. The lowest BCUT2D eigenvalue weighted by atomic mass is 10.1. The SMILES string of the molecule is COc1ccc(CN(CCC(C)C)C[C@H](O)COC(C)C)cc1OC. The second-order valence-electron chi connectivity index (χ2n) is 7.14. The fourth-order valence-electron chi connectivity index (χ4n) is 2.57. The molecule has 0 bridgehead atoms. The first-order chi connectivity index (χ1) is 11.8. The molecule has 5 heteroatoms. The lowest BCUT2D eigenvalue weighted by molar-refractivity contribution is -0.00998. The topological polar surface area (TPSA) is 51.2 Å². The van der Waals surface area contributed by atoms with E-state index in [0.717, 1.165) is 36.6 Å². The molecule has 0 heterocycles. The third kappa shape index (κ3) is 8.56. The van der Waals surface area contributed by atoms with Crippen LogP contribution < -0.4 is 9.47 Å². The monoisotopic (exact) mass is 353 g/mol. The van der Waals surface area contributed by atoms with Crippen molar-refractivity contribution in [1.29, 1.82) is 0 Å². The van der Waals surface area contributed by atoms with Gasteiger partial charge < -0.3 is 19.3 Å². The van der Waals surface area contributed by atoms with Gasteiger partial charge in [0.1, 0.15) is 0 Å². The van der Waals surface area contributed by atoms with Gasteiger partial charge in [-0.15, -0.1) is 0 Å². The van der Waals surface area contributed by atoms with Crippen molar-refractivity contribution >= 4 is 0 Å². The standard InChI is InChI=1S/C20H35NO4/c1-15(2)9-10-21(13-18(22)14-25-16(3)4)12-17-7-8-19(23-5)20(11-17)24-6/h7-8,11,15-16,18,22H,9-10,12-14H2,1-6H3/t18-/m0/s1. The van der Waals surface area contributed by atoms with Gasteiger partial charge in [-0.25, -0.2) is 0 Å². The van der Waals surface area contributed by atoms with Crippen molar-refractivity contribution in [2.24, 2.45) is 5.92 Å². The number of methoxy groups -OCH3 is 2. The van der Waals surface area contributed by atoms with E-state index in [1.165, 1.54) is 0 Å². The summed E-state index contributed by atoms with van der Waals surface area (Å²) in [5.74, 6) is 2.08. The van der Waals surface area contributed by atoms with Crippen molar-refractivity contribution in [2.45, 2.75) is 52.9 Å². The molecule has 0 aliphatic heterocycles. The van der Waals surface area contributed by atoms with Crippen LogP contribution in [0.1, 0.15) is 39.7 Å². The van der Waals surface area contributed by atoms with Crippen LogP contribution in [0.4, 0.5) is 0 Å². The number of ether oxygens (including phenoxy) is 3. The van der Waals surface area contributed by atoms with E-state index in [1.54, 1.807) is 14.2 Å².